The lowest BCUT2D eigenvalue weighted by Gasteiger charge is -2.07. The highest BCUT2D eigenvalue weighted by Crippen LogP contribution is 2.32. The van der Waals surface area contributed by atoms with Crippen LogP contribution in [-0.2, 0) is 11.2 Å². The van der Waals surface area contributed by atoms with Crippen LogP contribution in [0, 0.1) is 29.1 Å². The molecule has 0 N–H and O–H groups in total. The van der Waals surface area contributed by atoms with Crippen LogP contribution < -0.4 is 0 Å². The van der Waals surface area contributed by atoms with Gasteiger partial charge in [-0.25, -0.2) is 22.0 Å². The predicted molar refractivity (Wildman–Crippen MR) is 71.9 cm³/mol. The molecule has 0 heterocycles. The van der Waals surface area contributed by atoms with E-state index in [1.807, 2.05) is 0 Å². The molecule has 0 unspecified atom stereocenters. The summed E-state index contributed by atoms with van der Waals surface area (Å²) in [5.41, 5.74) is 0.828. The van der Waals surface area contributed by atoms with Crippen molar-refractivity contribution in [3.63, 3.8) is 0 Å². The molecule has 0 fully saturated rings. The molecule has 2 aromatic carbocycles. The van der Waals surface area contributed by atoms with Crippen LogP contribution in [0.1, 0.15) is 12.0 Å². The number of thioether (sulfide) groups is 1. The number of hydrogen-bond donors (Lipinski definition) is 0. The van der Waals surface area contributed by atoms with Gasteiger partial charge in [0.25, 0.3) is 0 Å². The van der Waals surface area contributed by atoms with E-state index in [1.165, 1.54) is 0 Å². The van der Waals surface area contributed by atoms with Crippen molar-refractivity contribution < 1.29 is 26.7 Å². The second-order valence-corrected chi connectivity index (χ2v) is 5.43. The van der Waals surface area contributed by atoms with E-state index in [1.54, 1.807) is 30.3 Å². The van der Waals surface area contributed by atoms with E-state index in [0.29, 0.717) is 6.42 Å². The van der Waals surface area contributed by atoms with Crippen LogP contribution in [0.3, 0.4) is 0 Å². The van der Waals surface area contributed by atoms with Crippen LogP contribution in [-0.4, -0.2) is 5.12 Å². The molecule has 2 aromatic rings. The zero-order valence-corrected chi connectivity index (χ0v) is 11.8. The van der Waals surface area contributed by atoms with Crippen molar-refractivity contribution in [3.8, 4) is 0 Å². The summed E-state index contributed by atoms with van der Waals surface area (Å²) in [7, 11) is 0. The first kappa shape index (κ1) is 16.5. The molecule has 22 heavy (non-hydrogen) atoms. The normalized spacial score (nSPS) is 10.8. The molecular weight excluding hydrogens is 323 g/mol. The Balaban J connectivity index is 2.12. The first-order valence-corrected chi connectivity index (χ1v) is 6.99. The second kappa shape index (κ2) is 6.91. The number of carbonyl (C=O) groups excluding carboxylic acids is 1. The fourth-order valence-electron chi connectivity index (χ4n) is 1.73. The van der Waals surface area contributed by atoms with Crippen molar-refractivity contribution in [2.45, 2.75) is 17.7 Å². The summed E-state index contributed by atoms with van der Waals surface area (Å²) in [4.78, 5) is 10.5. The number of benzene rings is 2. The fourth-order valence-corrected chi connectivity index (χ4v) is 2.52. The van der Waals surface area contributed by atoms with Crippen molar-refractivity contribution in [2.24, 2.45) is 0 Å². The Labute approximate surface area is 127 Å². The Morgan fingerprint density at radius 2 is 1.32 bits per heavy atom. The number of carbonyl (C=O) groups is 1. The maximum Gasteiger partial charge on any atom is 0.200 e. The first-order chi connectivity index (χ1) is 10.4. The molecule has 116 valence electrons. The van der Waals surface area contributed by atoms with E-state index in [4.69, 9.17) is 0 Å². The Bertz CT molecular complexity index is 674. The molecule has 1 nitrogen and oxygen atoms in total. The van der Waals surface area contributed by atoms with E-state index < -0.39 is 39.1 Å². The van der Waals surface area contributed by atoms with Gasteiger partial charge in [-0.15, -0.1) is 0 Å². The molecule has 0 aliphatic rings. The van der Waals surface area contributed by atoms with Crippen LogP contribution in [0.15, 0.2) is 35.2 Å². The topological polar surface area (TPSA) is 17.1 Å². The minimum absolute atomic E-state index is 0.0175. The van der Waals surface area contributed by atoms with Crippen LogP contribution in [0.4, 0.5) is 22.0 Å². The summed E-state index contributed by atoms with van der Waals surface area (Å²) >= 11 is 0.0175. The highest BCUT2D eigenvalue weighted by atomic mass is 32.2. The van der Waals surface area contributed by atoms with Crippen molar-refractivity contribution in [1.29, 1.82) is 0 Å². The Hall–Kier alpha value is -1.89. The minimum Gasteiger partial charge on any atom is -0.287 e. The highest BCUT2D eigenvalue weighted by Gasteiger charge is 2.27. The third kappa shape index (κ3) is 3.47. The van der Waals surface area contributed by atoms with Crippen molar-refractivity contribution in [1.82, 2.24) is 0 Å². The maximum absolute atomic E-state index is 13.4. The zero-order valence-electron chi connectivity index (χ0n) is 11.0. The molecule has 0 bridgehead atoms. The van der Waals surface area contributed by atoms with Crippen molar-refractivity contribution in [3.05, 3.63) is 65.0 Å². The monoisotopic (exact) mass is 332 g/mol. The Morgan fingerprint density at radius 3 is 1.86 bits per heavy atom. The fraction of sp³-hybridized carbons (Fsp3) is 0.133. The third-order valence-corrected chi connectivity index (χ3v) is 3.84. The van der Waals surface area contributed by atoms with Gasteiger partial charge in [-0.3, -0.25) is 4.79 Å². The third-order valence-electron chi connectivity index (χ3n) is 2.85. The maximum atomic E-state index is 13.4. The zero-order chi connectivity index (χ0) is 16.3. The molecule has 0 radical (unpaired) electrons. The summed E-state index contributed by atoms with van der Waals surface area (Å²) in [6, 6.07) is 8.83. The summed E-state index contributed by atoms with van der Waals surface area (Å²) in [6.07, 6.45) is 0.218. The molecule has 0 spiro atoms. The van der Waals surface area contributed by atoms with Gasteiger partial charge in [-0.2, -0.15) is 0 Å². The van der Waals surface area contributed by atoms with Gasteiger partial charge in [0.15, 0.2) is 28.4 Å². The van der Waals surface area contributed by atoms with E-state index in [2.05, 4.69) is 0 Å². The van der Waals surface area contributed by atoms with Gasteiger partial charge in [0.05, 0.1) is 4.90 Å². The standard InChI is InChI=1S/C15H9F5OS/c16-10-11(17)13(19)15(14(20)12(10)18)22-9(21)7-6-8-4-2-1-3-5-8/h1-5H,6-7H2. The lowest BCUT2D eigenvalue weighted by Crippen LogP contribution is -2.05. The SMILES string of the molecule is O=C(CCc1ccccc1)Sc1c(F)c(F)c(F)c(F)c1F. The highest BCUT2D eigenvalue weighted by molar-refractivity contribution is 8.13. The van der Waals surface area contributed by atoms with E-state index in [-0.39, 0.29) is 18.2 Å². The lowest BCUT2D eigenvalue weighted by atomic mass is 10.1. The quantitative estimate of drug-likeness (QED) is 0.351. The molecule has 2 rings (SSSR count). The smallest absolute Gasteiger partial charge is 0.200 e. The second-order valence-electron chi connectivity index (χ2n) is 4.36. The Morgan fingerprint density at radius 1 is 0.818 bits per heavy atom. The minimum atomic E-state index is -2.24. The number of halogens is 5. The first-order valence-electron chi connectivity index (χ1n) is 6.18. The molecule has 0 amide bonds. The predicted octanol–water partition coefficient (Wildman–Crippen LogP) is 4.63. The molecular formula is C15H9F5OS. The summed E-state index contributed by atoms with van der Waals surface area (Å²) in [6.45, 7) is 0. The molecule has 0 aliphatic carbocycles. The van der Waals surface area contributed by atoms with Crippen LogP contribution >= 0.6 is 11.8 Å². The van der Waals surface area contributed by atoms with Gasteiger partial charge in [0.1, 0.15) is 0 Å². The van der Waals surface area contributed by atoms with Gasteiger partial charge < -0.3 is 0 Å². The van der Waals surface area contributed by atoms with E-state index >= 15 is 0 Å². The van der Waals surface area contributed by atoms with Gasteiger partial charge in [-0.05, 0) is 23.7 Å². The summed E-state index contributed by atoms with van der Waals surface area (Å²) in [5, 5.41) is -0.688. The van der Waals surface area contributed by atoms with Crippen LogP contribution in [0.5, 0.6) is 0 Å². The van der Waals surface area contributed by atoms with Crippen LogP contribution in [0.25, 0.3) is 0 Å². The van der Waals surface area contributed by atoms with Gasteiger partial charge >= 0.3 is 0 Å². The van der Waals surface area contributed by atoms with Crippen molar-refractivity contribution in [2.75, 3.05) is 0 Å². The lowest BCUT2D eigenvalue weighted by molar-refractivity contribution is -0.110. The van der Waals surface area contributed by atoms with Gasteiger partial charge in [0, 0.05) is 6.42 Å². The summed E-state index contributed by atoms with van der Waals surface area (Å²) in [5.74, 6) is -10.3. The Kier molecular flexibility index (Phi) is 5.18. The number of rotatable bonds is 4. The van der Waals surface area contributed by atoms with E-state index in [9.17, 15) is 26.7 Å². The largest absolute Gasteiger partial charge is 0.287 e. The molecule has 0 saturated carbocycles. The summed E-state index contributed by atoms with van der Waals surface area (Å²) < 4.78 is 65.8. The molecule has 7 heteroatoms. The molecule has 0 saturated heterocycles. The molecule has 0 aliphatic heterocycles. The molecule has 0 aromatic heterocycles. The van der Waals surface area contributed by atoms with Crippen molar-refractivity contribution >= 4 is 16.9 Å². The van der Waals surface area contributed by atoms with Crippen LogP contribution in [0.2, 0.25) is 0 Å². The van der Waals surface area contributed by atoms with E-state index in [0.717, 1.165) is 5.56 Å². The number of aryl methyl sites for hydroxylation is 1. The molecule has 0 atom stereocenters. The average Bonchev–Trinajstić information content (AvgIpc) is 2.54. The van der Waals surface area contributed by atoms with Gasteiger partial charge in [0.2, 0.25) is 5.82 Å². The average molecular weight is 332 g/mol. The van der Waals surface area contributed by atoms with Gasteiger partial charge in [-0.1, -0.05) is 30.3 Å². The number of hydrogen-bond acceptors (Lipinski definition) is 2.